The Morgan fingerprint density at radius 3 is 0.857 bits per heavy atom. The lowest BCUT2D eigenvalue weighted by atomic mass is 10.0. The number of ether oxygens (including phenoxy) is 1. The van der Waals surface area contributed by atoms with Gasteiger partial charge in [-0.15, -0.1) is 0 Å². The molecule has 0 spiro atoms. The van der Waals surface area contributed by atoms with Crippen LogP contribution in [-0.2, 0) is 14.3 Å². The average molecular weight is 1280 g/mol. The van der Waals surface area contributed by atoms with Crippen LogP contribution in [0.1, 0.15) is 483 Å². The van der Waals surface area contributed by atoms with Crippen molar-refractivity contribution in [2.45, 2.75) is 495 Å². The number of carbonyl (C=O) groups is 2. The highest BCUT2D eigenvalue weighted by molar-refractivity contribution is 5.76. The summed E-state index contributed by atoms with van der Waals surface area (Å²) < 4.78 is 5.51. The van der Waals surface area contributed by atoms with E-state index in [0.29, 0.717) is 25.9 Å². The summed E-state index contributed by atoms with van der Waals surface area (Å²) in [6, 6.07) is -0.539. The van der Waals surface area contributed by atoms with Gasteiger partial charge >= 0.3 is 5.97 Å². The molecular weight excluding hydrogens is 1110 g/mol. The molecule has 540 valence electrons. The Morgan fingerprint density at radius 2 is 0.549 bits per heavy atom. The Morgan fingerprint density at radius 1 is 0.308 bits per heavy atom. The summed E-state index contributed by atoms with van der Waals surface area (Å²) in [5.41, 5.74) is 0. The summed E-state index contributed by atoms with van der Waals surface area (Å²) >= 11 is 0. The van der Waals surface area contributed by atoms with Gasteiger partial charge in [0.2, 0.25) is 5.91 Å². The third-order valence-corrected chi connectivity index (χ3v) is 20.0. The number of nitrogens with one attached hydrogen (secondary N) is 1. The number of carbonyl (C=O) groups excluding carboxylic acids is 2. The first-order valence-corrected chi connectivity index (χ1v) is 42.1. The van der Waals surface area contributed by atoms with E-state index in [-0.39, 0.29) is 18.5 Å². The van der Waals surface area contributed by atoms with E-state index in [4.69, 9.17) is 4.74 Å². The van der Waals surface area contributed by atoms with Crippen molar-refractivity contribution in [1.82, 2.24) is 5.32 Å². The zero-order chi connectivity index (χ0) is 65.6. The number of unbranched alkanes of at least 4 members (excludes halogenated alkanes) is 65. The minimum Gasteiger partial charge on any atom is -0.466 e. The fourth-order valence-corrected chi connectivity index (χ4v) is 13.6. The van der Waals surface area contributed by atoms with E-state index in [1.807, 2.05) is 0 Å². The molecule has 6 nitrogen and oxygen atoms in total. The second kappa shape index (κ2) is 80.8. The van der Waals surface area contributed by atoms with Crippen LogP contribution in [0.15, 0.2) is 24.3 Å². The zero-order valence-electron chi connectivity index (χ0n) is 62.1. The first-order valence-electron chi connectivity index (χ1n) is 42.1. The molecule has 2 unspecified atom stereocenters. The molecule has 0 saturated carbocycles. The van der Waals surface area contributed by atoms with Crippen LogP contribution in [0.2, 0.25) is 0 Å². The lowest BCUT2D eigenvalue weighted by Crippen LogP contribution is -2.45. The molecule has 1 amide bonds. The molecule has 0 saturated heterocycles. The van der Waals surface area contributed by atoms with Crippen LogP contribution >= 0.6 is 0 Å². The van der Waals surface area contributed by atoms with Crippen LogP contribution in [0.5, 0.6) is 0 Å². The normalized spacial score (nSPS) is 12.5. The Labute approximate surface area is 571 Å². The van der Waals surface area contributed by atoms with Crippen LogP contribution < -0.4 is 5.32 Å². The Hall–Kier alpha value is -1.66. The number of rotatable bonds is 80. The second-order valence-corrected chi connectivity index (χ2v) is 29.2. The van der Waals surface area contributed by atoms with Gasteiger partial charge in [0.05, 0.1) is 25.4 Å². The Bertz CT molecular complexity index is 1430. The van der Waals surface area contributed by atoms with Crippen molar-refractivity contribution in [3.63, 3.8) is 0 Å². The second-order valence-electron chi connectivity index (χ2n) is 29.2. The van der Waals surface area contributed by atoms with Gasteiger partial charge in [0.25, 0.3) is 0 Å². The number of hydrogen-bond acceptors (Lipinski definition) is 5. The van der Waals surface area contributed by atoms with Gasteiger partial charge in [-0.1, -0.05) is 436 Å². The fourth-order valence-electron chi connectivity index (χ4n) is 13.6. The van der Waals surface area contributed by atoms with Crippen molar-refractivity contribution in [2.75, 3.05) is 13.2 Å². The quantitative estimate of drug-likeness (QED) is 0.0320. The smallest absolute Gasteiger partial charge is 0.305 e. The van der Waals surface area contributed by atoms with E-state index >= 15 is 0 Å². The first kappa shape index (κ1) is 89.3. The number of allylic oxidation sites excluding steroid dienone is 4. The average Bonchev–Trinajstić information content (AvgIpc) is 3.73. The third kappa shape index (κ3) is 77.2. The Balaban J connectivity index is 3.32. The number of aliphatic hydroxyl groups is 2. The van der Waals surface area contributed by atoms with Crippen molar-refractivity contribution in [1.29, 1.82) is 0 Å². The minimum absolute atomic E-state index is 0.0151. The number of aliphatic hydroxyl groups excluding tert-OH is 2. The van der Waals surface area contributed by atoms with Gasteiger partial charge in [-0.3, -0.25) is 9.59 Å². The molecule has 0 aliphatic carbocycles. The fraction of sp³-hybridized carbons (Fsp3) is 0.929. The first-order chi connectivity index (χ1) is 45.0. The number of esters is 1. The highest BCUT2D eigenvalue weighted by atomic mass is 16.5. The van der Waals surface area contributed by atoms with E-state index in [2.05, 4.69) is 43.5 Å². The monoisotopic (exact) mass is 1280 g/mol. The summed E-state index contributed by atoms with van der Waals surface area (Å²) in [6.07, 6.45) is 104. The predicted molar refractivity (Wildman–Crippen MR) is 403 cm³/mol. The summed E-state index contributed by atoms with van der Waals surface area (Å²) in [7, 11) is 0. The molecule has 0 heterocycles. The van der Waals surface area contributed by atoms with Crippen molar-refractivity contribution in [3.05, 3.63) is 24.3 Å². The van der Waals surface area contributed by atoms with Gasteiger partial charge in [0.1, 0.15) is 0 Å². The lowest BCUT2D eigenvalue weighted by Gasteiger charge is -2.22. The molecule has 3 N–H and O–H groups in total. The molecule has 0 fully saturated rings. The van der Waals surface area contributed by atoms with Crippen LogP contribution in [0.3, 0.4) is 0 Å². The Kier molecular flexibility index (Phi) is 79.3. The topological polar surface area (TPSA) is 95.9 Å². The zero-order valence-corrected chi connectivity index (χ0v) is 62.1. The molecule has 6 heteroatoms. The number of amides is 1. The molecule has 0 aliphatic heterocycles. The molecule has 0 aromatic rings. The van der Waals surface area contributed by atoms with Crippen molar-refractivity contribution in [2.24, 2.45) is 0 Å². The van der Waals surface area contributed by atoms with Crippen molar-refractivity contribution >= 4 is 11.9 Å². The van der Waals surface area contributed by atoms with Gasteiger partial charge in [-0.2, -0.15) is 0 Å². The third-order valence-electron chi connectivity index (χ3n) is 20.0. The summed E-state index contributed by atoms with van der Waals surface area (Å²) in [4.78, 5) is 24.7. The molecule has 0 aliphatic rings. The molecule has 0 rings (SSSR count). The van der Waals surface area contributed by atoms with Crippen molar-refractivity contribution in [3.8, 4) is 0 Å². The van der Waals surface area contributed by atoms with Gasteiger partial charge in [-0.25, -0.2) is 0 Å². The van der Waals surface area contributed by atoms with E-state index in [1.165, 1.54) is 398 Å². The van der Waals surface area contributed by atoms with Crippen LogP contribution in [0, 0.1) is 0 Å². The van der Waals surface area contributed by atoms with E-state index in [0.717, 1.165) is 51.4 Å². The molecule has 0 radical (unpaired) electrons. The molecule has 2 atom stereocenters. The lowest BCUT2D eigenvalue weighted by molar-refractivity contribution is -0.143. The van der Waals surface area contributed by atoms with E-state index < -0.39 is 12.1 Å². The maximum absolute atomic E-state index is 12.6. The molecular formula is C85H165NO5. The van der Waals surface area contributed by atoms with Crippen LogP contribution in [0.4, 0.5) is 0 Å². The van der Waals surface area contributed by atoms with E-state index in [1.54, 1.807) is 0 Å². The van der Waals surface area contributed by atoms with E-state index in [9.17, 15) is 19.8 Å². The largest absolute Gasteiger partial charge is 0.466 e. The van der Waals surface area contributed by atoms with Gasteiger partial charge < -0.3 is 20.3 Å². The highest BCUT2D eigenvalue weighted by Crippen LogP contribution is 2.21. The van der Waals surface area contributed by atoms with Crippen molar-refractivity contribution < 1.29 is 24.5 Å². The summed E-state index contributed by atoms with van der Waals surface area (Å²) in [5, 5.41) is 23.5. The van der Waals surface area contributed by atoms with Gasteiger partial charge in [-0.05, 0) is 57.8 Å². The molecule has 0 bridgehead atoms. The highest BCUT2D eigenvalue weighted by Gasteiger charge is 2.20. The van der Waals surface area contributed by atoms with Crippen LogP contribution in [-0.4, -0.2) is 47.4 Å². The molecule has 0 aromatic carbocycles. The molecule has 91 heavy (non-hydrogen) atoms. The predicted octanol–water partition coefficient (Wildman–Crippen LogP) is 28.0. The summed E-state index contributed by atoms with van der Waals surface area (Å²) in [5.74, 6) is -0.00888. The SMILES string of the molecule is CCCCC/C=C\C/C=C\CCCCCCCCCC(=O)OCCCCCCCCCCCCCCCCCCCCCCCCCCCCCCCCCCCC(=O)NC(CO)C(O)CCCCCCCCCCCCCCCCCCCCCCCCCC. The summed E-state index contributed by atoms with van der Waals surface area (Å²) in [6.45, 7) is 4.98. The van der Waals surface area contributed by atoms with Crippen LogP contribution in [0.25, 0.3) is 0 Å². The standard InChI is InChI=1S/C85H165NO5/c1-3-5-7-9-11-13-15-17-19-21-22-23-24-36-39-42-46-49-53-57-61-65-69-73-77-83(88)82(81-87)86-84(89)78-74-70-66-62-58-54-50-47-43-40-37-34-32-30-28-26-25-27-29-31-33-35-38-41-44-48-52-56-60-64-68-72-76-80-91-85(90)79-75-71-67-63-59-55-51-45-20-18-16-14-12-10-8-6-4-2/h12,14,18,20,82-83,87-88H,3-11,13,15-17,19,21-81H2,1-2H3,(H,86,89)/b14-12-,20-18-. The molecule has 0 aromatic heterocycles. The minimum atomic E-state index is -0.662. The number of hydrogen-bond donors (Lipinski definition) is 3. The maximum Gasteiger partial charge on any atom is 0.305 e. The van der Waals surface area contributed by atoms with Gasteiger partial charge in [0, 0.05) is 12.8 Å². The van der Waals surface area contributed by atoms with Gasteiger partial charge in [0.15, 0.2) is 0 Å². The maximum atomic E-state index is 12.6.